The molecule has 2 atom stereocenters. The second-order valence-corrected chi connectivity index (χ2v) is 4.50. The fraction of sp³-hybridized carbons (Fsp3) is 0.538. The number of nitrogens with one attached hydrogen (secondary N) is 1. The molecule has 2 heteroatoms. The molecule has 0 radical (unpaired) electrons. The average molecular weight is 204 g/mol. The van der Waals surface area contributed by atoms with Gasteiger partial charge in [0.15, 0.2) is 0 Å². The quantitative estimate of drug-likeness (QED) is 0.776. The maximum absolute atomic E-state index is 5.66. The van der Waals surface area contributed by atoms with Crippen LogP contribution in [0.25, 0.3) is 0 Å². The van der Waals surface area contributed by atoms with Crippen molar-refractivity contribution in [3.05, 3.63) is 35.4 Å². The standard InChI is InChI=1S/C13H20N2/c1-10-4-2-7-13(15-10)12-6-3-5-11(8-12)9-14/h3,5-6,8,10,13,15H,2,4,7,9,14H2,1H3. The Morgan fingerprint density at radius 1 is 1.40 bits per heavy atom. The third-order valence-corrected chi connectivity index (χ3v) is 3.20. The van der Waals surface area contributed by atoms with E-state index in [0.717, 1.165) is 0 Å². The first-order chi connectivity index (χ1) is 7.29. The number of piperidine rings is 1. The molecule has 2 rings (SSSR count). The average Bonchev–Trinajstić information content (AvgIpc) is 2.29. The fourth-order valence-corrected chi connectivity index (χ4v) is 2.34. The van der Waals surface area contributed by atoms with Gasteiger partial charge in [-0.2, -0.15) is 0 Å². The molecule has 1 aromatic rings. The summed E-state index contributed by atoms with van der Waals surface area (Å²) < 4.78 is 0. The zero-order valence-electron chi connectivity index (χ0n) is 9.37. The molecule has 1 aliphatic heterocycles. The number of hydrogen-bond acceptors (Lipinski definition) is 2. The van der Waals surface area contributed by atoms with Crippen LogP contribution in [0.5, 0.6) is 0 Å². The summed E-state index contributed by atoms with van der Waals surface area (Å²) in [5.41, 5.74) is 8.28. The lowest BCUT2D eigenvalue weighted by molar-refractivity contribution is 0.341. The largest absolute Gasteiger partial charge is 0.326 e. The summed E-state index contributed by atoms with van der Waals surface area (Å²) >= 11 is 0. The highest BCUT2D eigenvalue weighted by molar-refractivity contribution is 5.26. The van der Waals surface area contributed by atoms with E-state index in [-0.39, 0.29) is 0 Å². The highest BCUT2D eigenvalue weighted by Gasteiger charge is 2.18. The Hall–Kier alpha value is -0.860. The van der Waals surface area contributed by atoms with Crippen LogP contribution >= 0.6 is 0 Å². The van der Waals surface area contributed by atoms with Crippen LogP contribution in [0.4, 0.5) is 0 Å². The van der Waals surface area contributed by atoms with Crippen LogP contribution in [-0.2, 0) is 6.54 Å². The molecule has 1 aliphatic rings. The lowest BCUT2D eigenvalue weighted by Gasteiger charge is -2.29. The van der Waals surface area contributed by atoms with E-state index in [4.69, 9.17) is 5.73 Å². The van der Waals surface area contributed by atoms with E-state index in [0.29, 0.717) is 18.6 Å². The van der Waals surface area contributed by atoms with Crippen LogP contribution in [0.1, 0.15) is 43.4 Å². The van der Waals surface area contributed by atoms with Crippen molar-refractivity contribution in [2.45, 2.75) is 44.8 Å². The van der Waals surface area contributed by atoms with Crippen LogP contribution < -0.4 is 11.1 Å². The normalized spacial score (nSPS) is 26.5. The number of rotatable bonds is 2. The smallest absolute Gasteiger partial charge is 0.0322 e. The Balaban J connectivity index is 2.13. The molecular formula is C13H20N2. The molecular weight excluding hydrogens is 184 g/mol. The van der Waals surface area contributed by atoms with E-state index in [1.54, 1.807) is 0 Å². The van der Waals surface area contributed by atoms with Crippen molar-refractivity contribution in [1.29, 1.82) is 0 Å². The Morgan fingerprint density at radius 3 is 3.00 bits per heavy atom. The van der Waals surface area contributed by atoms with Gasteiger partial charge in [0.1, 0.15) is 0 Å². The van der Waals surface area contributed by atoms with E-state index < -0.39 is 0 Å². The van der Waals surface area contributed by atoms with Gasteiger partial charge in [-0.05, 0) is 30.9 Å². The first kappa shape index (κ1) is 10.7. The van der Waals surface area contributed by atoms with Gasteiger partial charge in [0.25, 0.3) is 0 Å². The molecule has 0 bridgehead atoms. The molecule has 3 N–H and O–H groups in total. The van der Waals surface area contributed by atoms with E-state index >= 15 is 0 Å². The van der Waals surface area contributed by atoms with E-state index in [1.165, 1.54) is 30.4 Å². The van der Waals surface area contributed by atoms with Crippen LogP contribution in [0.2, 0.25) is 0 Å². The predicted molar refractivity (Wildman–Crippen MR) is 63.5 cm³/mol. The lowest BCUT2D eigenvalue weighted by atomic mass is 9.93. The zero-order chi connectivity index (χ0) is 10.7. The summed E-state index contributed by atoms with van der Waals surface area (Å²) in [5.74, 6) is 0. The molecule has 1 saturated heterocycles. The molecule has 0 aliphatic carbocycles. The summed E-state index contributed by atoms with van der Waals surface area (Å²) in [4.78, 5) is 0. The second-order valence-electron chi connectivity index (χ2n) is 4.50. The molecule has 2 nitrogen and oxygen atoms in total. The predicted octanol–water partition coefficient (Wildman–Crippen LogP) is 2.35. The monoisotopic (exact) mass is 204 g/mol. The highest BCUT2D eigenvalue weighted by atomic mass is 15.0. The van der Waals surface area contributed by atoms with Gasteiger partial charge in [-0.3, -0.25) is 0 Å². The van der Waals surface area contributed by atoms with Crippen molar-refractivity contribution in [1.82, 2.24) is 5.32 Å². The van der Waals surface area contributed by atoms with Gasteiger partial charge in [0.05, 0.1) is 0 Å². The number of nitrogens with two attached hydrogens (primary N) is 1. The van der Waals surface area contributed by atoms with Crippen molar-refractivity contribution in [2.24, 2.45) is 5.73 Å². The SMILES string of the molecule is CC1CCCC(c2cccc(CN)c2)N1. The van der Waals surface area contributed by atoms with E-state index in [1.807, 2.05) is 0 Å². The Bertz CT molecular complexity index is 322. The number of benzene rings is 1. The van der Waals surface area contributed by atoms with Crippen LogP contribution in [-0.4, -0.2) is 6.04 Å². The summed E-state index contributed by atoms with van der Waals surface area (Å²) in [5, 5.41) is 3.64. The molecule has 0 aromatic heterocycles. The maximum Gasteiger partial charge on any atom is 0.0322 e. The molecule has 15 heavy (non-hydrogen) atoms. The van der Waals surface area contributed by atoms with Gasteiger partial charge in [0.2, 0.25) is 0 Å². The van der Waals surface area contributed by atoms with Gasteiger partial charge in [-0.15, -0.1) is 0 Å². The van der Waals surface area contributed by atoms with Crippen molar-refractivity contribution < 1.29 is 0 Å². The minimum atomic E-state index is 0.528. The lowest BCUT2D eigenvalue weighted by Crippen LogP contribution is -2.34. The Labute approximate surface area is 91.9 Å². The van der Waals surface area contributed by atoms with Crippen LogP contribution in [0, 0.1) is 0 Å². The molecule has 1 aromatic carbocycles. The van der Waals surface area contributed by atoms with Gasteiger partial charge < -0.3 is 11.1 Å². The van der Waals surface area contributed by atoms with E-state index in [9.17, 15) is 0 Å². The summed E-state index contributed by atoms with van der Waals surface area (Å²) in [7, 11) is 0. The van der Waals surface area contributed by atoms with Crippen LogP contribution in [0.15, 0.2) is 24.3 Å². The third-order valence-electron chi connectivity index (χ3n) is 3.20. The highest BCUT2D eigenvalue weighted by Crippen LogP contribution is 2.25. The second kappa shape index (κ2) is 4.77. The van der Waals surface area contributed by atoms with Crippen LogP contribution in [0.3, 0.4) is 0 Å². The minimum absolute atomic E-state index is 0.528. The maximum atomic E-state index is 5.66. The Kier molecular flexibility index (Phi) is 3.39. The van der Waals surface area contributed by atoms with Gasteiger partial charge >= 0.3 is 0 Å². The van der Waals surface area contributed by atoms with Gasteiger partial charge in [0, 0.05) is 18.6 Å². The molecule has 1 fully saturated rings. The fourth-order valence-electron chi connectivity index (χ4n) is 2.34. The zero-order valence-corrected chi connectivity index (χ0v) is 9.37. The Morgan fingerprint density at radius 2 is 2.27 bits per heavy atom. The van der Waals surface area contributed by atoms with Gasteiger partial charge in [-0.25, -0.2) is 0 Å². The number of hydrogen-bond donors (Lipinski definition) is 2. The summed E-state index contributed by atoms with van der Waals surface area (Å²) in [6.45, 7) is 2.90. The molecule has 0 amide bonds. The first-order valence-electron chi connectivity index (χ1n) is 5.84. The van der Waals surface area contributed by atoms with Crippen molar-refractivity contribution in [2.75, 3.05) is 0 Å². The van der Waals surface area contributed by atoms with E-state index in [2.05, 4.69) is 36.5 Å². The third kappa shape index (κ3) is 2.58. The summed E-state index contributed by atoms with van der Waals surface area (Å²) in [6.07, 6.45) is 3.87. The molecule has 2 unspecified atom stereocenters. The molecule has 0 spiro atoms. The molecule has 82 valence electrons. The molecule has 1 heterocycles. The first-order valence-corrected chi connectivity index (χ1v) is 5.84. The minimum Gasteiger partial charge on any atom is -0.326 e. The van der Waals surface area contributed by atoms with Crippen molar-refractivity contribution in [3.63, 3.8) is 0 Å². The van der Waals surface area contributed by atoms with Gasteiger partial charge in [-0.1, -0.05) is 30.7 Å². The topological polar surface area (TPSA) is 38.0 Å². The van der Waals surface area contributed by atoms with Crippen molar-refractivity contribution in [3.8, 4) is 0 Å². The van der Waals surface area contributed by atoms with Crippen molar-refractivity contribution >= 4 is 0 Å². The summed E-state index contributed by atoms with van der Waals surface area (Å²) in [6, 6.07) is 9.81. The molecule has 0 saturated carbocycles.